The molecule has 0 amide bonds. The number of rotatable bonds is 5. The van der Waals surface area contributed by atoms with Gasteiger partial charge in [-0.3, -0.25) is 9.20 Å². The van der Waals surface area contributed by atoms with E-state index in [1.165, 1.54) is 16.7 Å². The van der Waals surface area contributed by atoms with Crippen LogP contribution in [0.15, 0.2) is 52.3 Å². The predicted octanol–water partition coefficient (Wildman–Crippen LogP) is 3.44. The number of piperidine rings is 1. The number of sulfonamides is 1. The van der Waals surface area contributed by atoms with Crippen molar-refractivity contribution >= 4 is 33.0 Å². The summed E-state index contributed by atoms with van der Waals surface area (Å²) in [6.07, 6.45) is 4.38. The lowest BCUT2D eigenvalue weighted by Gasteiger charge is -2.26. The van der Waals surface area contributed by atoms with Crippen LogP contribution in [0.4, 0.5) is 5.69 Å². The highest BCUT2D eigenvalue weighted by Gasteiger charge is 2.26. The van der Waals surface area contributed by atoms with Crippen LogP contribution in [-0.2, 0) is 16.6 Å². The van der Waals surface area contributed by atoms with E-state index in [0.29, 0.717) is 41.7 Å². The van der Waals surface area contributed by atoms with Gasteiger partial charge in [-0.1, -0.05) is 24.1 Å². The molecule has 0 aliphatic carbocycles. The average Bonchev–Trinajstić information content (AvgIpc) is 2.74. The van der Waals surface area contributed by atoms with E-state index in [2.05, 4.69) is 10.3 Å². The number of aryl methyl sites for hydroxylation is 1. The van der Waals surface area contributed by atoms with Crippen molar-refractivity contribution in [3.8, 4) is 0 Å². The van der Waals surface area contributed by atoms with Gasteiger partial charge in [-0.2, -0.15) is 4.31 Å². The molecule has 0 radical (unpaired) electrons. The zero-order valence-corrected chi connectivity index (χ0v) is 18.2. The molecule has 9 heteroatoms. The van der Waals surface area contributed by atoms with Crippen molar-refractivity contribution in [2.45, 2.75) is 37.6 Å². The van der Waals surface area contributed by atoms with Crippen LogP contribution in [0.2, 0.25) is 5.02 Å². The third-order valence-corrected chi connectivity index (χ3v) is 7.42. The molecule has 7 nitrogen and oxygen atoms in total. The first-order valence-corrected chi connectivity index (χ1v) is 11.7. The molecule has 30 heavy (non-hydrogen) atoms. The maximum absolute atomic E-state index is 13.0. The summed E-state index contributed by atoms with van der Waals surface area (Å²) in [5, 5.41) is 3.69. The Morgan fingerprint density at radius 3 is 2.63 bits per heavy atom. The number of pyridine rings is 1. The lowest BCUT2D eigenvalue weighted by atomic mass is 10.2. The summed E-state index contributed by atoms with van der Waals surface area (Å²) in [6.45, 7) is 3.33. The quantitative estimate of drug-likeness (QED) is 0.649. The van der Waals surface area contributed by atoms with Gasteiger partial charge in [0.25, 0.3) is 5.56 Å². The molecule has 1 aliphatic heterocycles. The molecule has 0 unspecified atom stereocenters. The van der Waals surface area contributed by atoms with Gasteiger partial charge in [0.15, 0.2) is 0 Å². The Hall–Kier alpha value is -2.42. The Kier molecular flexibility index (Phi) is 5.81. The number of aromatic nitrogens is 2. The van der Waals surface area contributed by atoms with Gasteiger partial charge >= 0.3 is 0 Å². The van der Waals surface area contributed by atoms with Gasteiger partial charge in [0.2, 0.25) is 10.0 Å². The smallest absolute Gasteiger partial charge is 0.258 e. The van der Waals surface area contributed by atoms with Gasteiger partial charge in [-0.05, 0) is 49.6 Å². The molecule has 0 bridgehead atoms. The van der Waals surface area contributed by atoms with Crippen LogP contribution in [0.1, 0.15) is 30.5 Å². The van der Waals surface area contributed by atoms with Crippen LogP contribution in [0, 0.1) is 6.92 Å². The van der Waals surface area contributed by atoms with E-state index in [-0.39, 0.29) is 10.5 Å². The molecule has 1 aliphatic rings. The fraction of sp³-hybridized carbons (Fsp3) is 0.333. The fourth-order valence-corrected chi connectivity index (χ4v) is 5.31. The molecular weight excluding hydrogens is 424 g/mol. The summed E-state index contributed by atoms with van der Waals surface area (Å²) in [5.74, 6) is 0. The van der Waals surface area contributed by atoms with Crippen molar-refractivity contribution in [1.82, 2.24) is 13.7 Å². The Morgan fingerprint density at radius 2 is 1.87 bits per heavy atom. The first kappa shape index (κ1) is 20.8. The van der Waals surface area contributed by atoms with E-state index in [0.717, 1.165) is 24.8 Å². The zero-order chi connectivity index (χ0) is 21.3. The van der Waals surface area contributed by atoms with Gasteiger partial charge in [0.1, 0.15) is 5.65 Å². The van der Waals surface area contributed by atoms with E-state index < -0.39 is 10.0 Å². The fourth-order valence-electron chi connectivity index (χ4n) is 3.61. The number of anilines is 1. The molecule has 4 rings (SSSR count). The Balaban J connectivity index is 1.58. The van der Waals surface area contributed by atoms with Crippen molar-refractivity contribution in [1.29, 1.82) is 0 Å². The molecule has 1 saturated heterocycles. The van der Waals surface area contributed by atoms with Crippen molar-refractivity contribution in [3.63, 3.8) is 0 Å². The number of hydrogen-bond donors (Lipinski definition) is 1. The first-order chi connectivity index (χ1) is 14.3. The lowest BCUT2D eigenvalue weighted by molar-refractivity contribution is 0.346. The largest absolute Gasteiger partial charge is 0.379 e. The van der Waals surface area contributed by atoms with Gasteiger partial charge in [0.05, 0.1) is 22.2 Å². The highest BCUT2D eigenvalue weighted by molar-refractivity contribution is 7.89. The molecule has 2 aromatic heterocycles. The molecule has 0 atom stereocenters. The summed E-state index contributed by atoms with van der Waals surface area (Å²) < 4.78 is 28.9. The van der Waals surface area contributed by atoms with Crippen LogP contribution < -0.4 is 10.9 Å². The van der Waals surface area contributed by atoms with Crippen LogP contribution in [0.5, 0.6) is 0 Å². The summed E-state index contributed by atoms with van der Waals surface area (Å²) in [7, 11) is -3.51. The number of nitrogens with zero attached hydrogens (tertiary/aromatic N) is 3. The molecular formula is C21H23ClN4O3S. The van der Waals surface area contributed by atoms with Crippen LogP contribution in [0.3, 0.4) is 0 Å². The average molecular weight is 447 g/mol. The van der Waals surface area contributed by atoms with E-state index in [1.54, 1.807) is 34.6 Å². The van der Waals surface area contributed by atoms with Crippen LogP contribution in [-0.4, -0.2) is 35.2 Å². The highest BCUT2D eigenvalue weighted by atomic mass is 35.5. The maximum atomic E-state index is 13.0. The minimum absolute atomic E-state index is 0.225. The van der Waals surface area contributed by atoms with Gasteiger partial charge < -0.3 is 5.32 Å². The van der Waals surface area contributed by atoms with Gasteiger partial charge in [0, 0.05) is 31.0 Å². The zero-order valence-electron chi connectivity index (χ0n) is 16.6. The number of fused-ring (bicyclic) bond motifs is 1. The summed E-state index contributed by atoms with van der Waals surface area (Å²) in [6, 6.07) is 9.91. The Labute approximate surface area is 180 Å². The maximum Gasteiger partial charge on any atom is 0.258 e. The number of benzene rings is 1. The predicted molar refractivity (Wildman–Crippen MR) is 118 cm³/mol. The third-order valence-electron chi connectivity index (χ3n) is 5.30. The highest BCUT2D eigenvalue weighted by Crippen LogP contribution is 2.25. The second-order valence-corrected chi connectivity index (χ2v) is 9.83. The number of hydrogen-bond acceptors (Lipinski definition) is 5. The van der Waals surface area contributed by atoms with E-state index in [9.17, 15) is 13.2 Å². The van der Waals surface area contributed by atoms with E-state index in [4.69, 9.17) is 11.6 Å². The third kappa shape index (κ3) is 4.21. The van der Waals surface area contributed by atoms with Gasteiger partial charge in [-0.15, -0.1) is 0 Å². The number of nitrogens with one attached hydrogen (secondary N) is 1. The molecule has 0 spiro atoms. The van der Waals surface area contributed by atoms with Crippen molar-refractivity contribution < 1.29 is 8.42 Å². The molecule has 158 valence electrons. The Bertz CT molecular complexity index is 1250. The first-order valence-electron chi connectivity index (χ1n) is 9.87. The van der Waals surface area contributed by atoms with E-state index in [1.807, 2.05) is 6.92 Å². The minimum atomic E-state index is -3.51. The minimum Gasteiger partial charge on any atom is -0.379 e. The van der Waals surface area contributed by atoms with Crippen molar-refractivity contribution in [2.75, 3.05) is 18.4 Å². The van der Waals surface area contributed by atoms with Crippen LogP contribution >= 0.6 is 11.6 Å². The normalized spacial score (nSPS) is 15.4. The van der Waals surface area contributed by atoms with Crippen molar-refractivity contribution in [3.05, 3.63) is 69.2 Å². The standard InChI is InChI=1S/C21H23ClN4O3S/c1-15-5-7-18(30(28,29)25-9-3-2-4-10-25)12-19(15)23-13-17-11-21(27)26-14-16(22)6-8-20(26)24-17/h5-8,11-12,14,23H,2-4,9-10,13H2,1H3. The molecule has 1 N–H and O–H groups in total. The second-order valence-electron chi connectivity index (χ2n) is 7.46. The molecule has 0 saturated carbocycles. The lowest BCUT2D eigenvalue weighted by Crippen LogP contribution is -2.35. The molecule has 3 heterocycles. The monoisotopic (exact) mass is 446 g/mol. The van der Waals surface area contributed by atoms with Crippen LogP contribution in [0.25, 0.3) is 5.65 Å². The summed E-state index contributed by atoms with van der Waals surface area (Å²) in [5.41, 5.74) is 2.45. The SMILES string of the molecule is Cc1ccc(S(=O)(=O)N2CCCCC2)cc1NCc1cc(=O)n2cc(Cl)ccc2n1. The molecule has 1 aromatic carbocycles. The topological polar surface area (TPSA) is 83.8 Å². The van der Waals surface area contributed by atoms with Gasteiger partial charge in [-0.25, -0.2) is 13.4 Å². The number of halogens is 1. The summed E-state index contributed by atoms with van der Waals surface area (Å²) >= 11 is 5.94. The Morgan fingerprint density at radius 1 is 1.10 bits per heavy atom. The van der Waals surface area contributed by atoms with E-state index >= 15 is 0 Å². The molecule has 1 fully saturated rings. The molecule has 3 aromatic rings. The second kappa shape index (κ2) is 8.37. The summed E-state index contributed by atoms with van der Waals surface area (Å²) in [4.78, 5) is 17.1. The van der Waals surface area contributed by atoms with Crippen molar-refractivity contribution in [2.24, 2.45) is 0 Å².